The lowest BCUT2D eigenvalue weighted by Gasteiger charge is -2.18. The normalized spacial score (nSPS) is 12.8. The largest absolute Gasteiger partial charge is 0.443 e. The number of halogens is 1. The molecule has 3 rings (SSSR count). The van der Waals surface area contributed by atoms with Crippen LogP contribution in [-0.2, 0) is 6.54 Å². The quantitative estimate of drug-likeness (QED) is 0.518. The zero-order chi connectivity index (χ0) is 18.5. The first kappa shape index (κ1) is 18.1. The number of benzene rings is 1. The number of guanidine groups is 1. The van der Waals surface area contributed by atoms with Gasteiger partial charge in [-0.3, -0.25) is 4.99 Å². The molecule has 0 amide bonds. The van der Waals surface area contributed by atoms with Gasteiger partial charge in [-0.1, -0.05) is 18.2 Å². The summed E-state index contributed by atoms with van der Waals surface area (Å²) in [6, 6.07) is 9.08. The molecule has 0 saturated carbocycles. The van der Waals surface area contributed by atoms with Crippen LogP contribution in [0.25, 0.3) is 10.8 Å². The Kier molecular flexibility index (Phi) is 5.68. The van der Waals surface area contributed by atoms with Crippen LogP contribution in [0.2, 0.25) is 0 Å². The van der Waals surface area contributed by atoms with Crippen LogP contribution in [0.3, 0.4) is 0 Å². The monoisotopic (exact) mass is 372 g/mol. The molecule has 1 aromatic carbocycles. The van der Waals surface area contributed by atoms with Crippen molar-refractivity contribution in [2.75, 3.05) is 7.05 Å². The Hall–Kier alpha value is -2.67. The van der Waals surface area contributed by atoms with E-state index in [-0.39, 0.29) is 11.9 Å². The minimum atomic E-state index is -0.206. The van der Waals surface area contributed by atoms with Gasteiger partial charge >= 0.3 is 0 Å². The fourth-order valence-corrected chi connectivity index (χ4v) is 3.09. The third kappa shape index (κ3) is 4.29. The second-order valence-corrected chi connectivity index (χ2v) is 6.87. The van der Waals surface area contributed by atoms with Gasteiger partial charge in [0.05, 0.1) is 23.2 Å². The molecule has 0 aliphatic heterocycles. The Labute approximate surface area is 156 Å². The Morgan fingerprint density at radius 1 is 1.38 bits per heavy atom. The molecule has 2 aromatic heterocycles. The highest BCUT2D eigenvalue weighted by atomic mass is 32.1. The molecule has 0 fully saturated rings. The number of oxazole rings is 1. The number of rotatable bonds is 5. The lowest BCUT2D eigenvalue weighted by Crippen LogP contribution is -2.38. The number of hydrogen-bond acceptors (Lipinski definition) is 4. The topological polar surface area (TPSA) is 62.5 Å². The van der Waals surface area contributed by atoms with Crippen molar-refractivity contribution in [2.45, 2.75) is 26.4 Å². The van der Waals surface area contributed by atoms with Crippen LogP contribution >= 0.6 is 11.3 Å². The third-order valence-corrected chi connectivity index (χ3v) is 4.85. The molecule has 1 atom stereocenters. The second kappa shape index (κ2) is 8.14. The average Bonchev–Trinajstić information content (AvgIpc) is 3.32. The van der Waals surface area contributed by atoms with Crippen molar-refractivity contribution in [2.24, 2.45) is 4.99 Å². The SMILES string of the molecule is CN=C(NCc1coc(-c2cccs2)n1)NC(C)c1ccc(C)c(F)c1. The Morgan fingerprint density at radius 3 is 2.92 bits per heavy atom. The molecule has 0 saturated heterocycles. The van der Waals surface area contributed by atoms with Gasteiger partial charge in [0.25, 0.3) is 0 Å². The summed E-state index contributed by atoms with van der Waals surface area (Å²) in [5.74, 6) is 1.02. The van der Waals surface area contributed by atoms with Crippen molar-refractivity contribution >= 4 is 17.3 Å². The predicted octanol–water partition coefficient (Wildman–Crippen LogP) is 4.28. The minimum Gasteiger partial charge on any atom is -0.443 e. The highest BCUT2D eigenvalue weighted by molar-refractivity contribution is 7.13. The summed E-state index contributed by atoms with van der Waals surface area (Å²) in [6.45, 7) is 4.19. The lowest BCUT2D eigenvalue weighted by atomic mass is 10.1. The number of aromatic nitrogens is 1. The molecule has 0 bridgehead atoms. The number of nitrogens with one attached hydrogen (secondary N) is 2. The maximum Gasteiger partial charge on any atom is 0.236 e. The molecule has 0 spiro atoms. The van der Waals surface area contributed by atoms with E-state index in [0.29, 0.717) is 24.0 Å². The first-order chi connectivity index (χ1) is 12.6. The van der Waals surface area contributed by atoms with Gasteiger partial charge in [0.1, 0.15) is 12.1 Å². The van der Waals surface area contributed by atoms with E-state index in [4.69, 9.17) is 4.42 Å². The summed E-state index contributed by atoms with van der Waals surface area (Å²) in [5, 5.41) is 8.43. The van der Waals surface area contributed by atoms with Gasteiger partial charge in [-0.25, -0.2) is 9.37 Å². The Morgan fingerprint density at radius 2 is 2.23 bits per heavy atom. The number of nitrogens with zero attached hydrogens (tertiary/aromatic N) is 2. The van der Waals surface area contributed by atoms with Crippen molar-refractivity contribution in [3.63, 3.8) is 0 Å². The first-order valence-electron chi connectivity index (χ1n) is 8.28. The molecule has 5 nitrogen and oxygen atoms in total. The lowest BCUT2D eigenvalue weighted by molar-refractivity contribution is 0.573. The van der Waals surface area contributed by atoms with Gasteiger partial charge in [0.2, 0.25) is 5.89 Å². The zero-order valence-electron chi connectivity index (χ0n) is 14.9. The van der Waals surface area contributed by atoms with E-state index in [1.807, 2.05) is 30.5 Å². The zero-order valence-corrected chi connectivity index (χ0v) is 15.7. The van der Waals surface area contributed by atoms with Crippen molar-refractivity contribution in [1.29, 1.82) is 0 Å². The molecule has 0 aliphatic carbocycles. The van der Waals surface area contributed by atoms with Crippen LogP contribution in [0.15, 0.2) is 51.4 Å². The van der Waals surface area contributed by atoms with Crippen molar-refractivity contribution in [3.05, 3.63) is 64.6 Å². The molecule has 2 N–H and O–H groups in total. The molecule has 2 heterocycles. The van der Waals surface area contributed by atoms with Crippen molar-refractivity contribution in [3.8, 4) is 10.8 Å². The van der Waals surface area contributed by atoms with E-state index < -0.39 is 0 Å². The van der Waals surface area contributed by atoms with Crippen LogP contribution in [0.5, 0.6) is 0 Å². The van der Waals surface area contributed by atoms with Crippen LogP contribution in [0, 0.1) is 12.7 Å². The summed E-state index contributed by atoms with van der Waals surface area (Å²) in [6.07, 6.45) is 1.63. The van der Waals surface area contributed by atoms with Gasteiger partial charge in [-0.15, -0.1) is 11.3 Å². The molecule has 0 aliphatic rings. The molecule has 1 unspecified atom stereocenters. The summed E-state index contributed by atoms with van der Waals surface area (Å²) in [5.41, 5.74) is 2.28. The molecule has 0 radical (unpaired) electrons. The molecule has 136 valence electrons. The fraction of sp³-hybridized carbons (Fsp3) is 0.263. The summed E-state index contributed by atoms with van der Waals surface area (Å²) in [4.78, 5) is 9.67. The van der Waals surface area contributed by atoms with Crippen LogP contribution in [0.1, 0.15) is 29.8 Å². The van der Waals surface area contributed by atoms with Gasteiger partial charge in [0, 0.05) is 7.05 Å². The third-order valence-electron chi connectivity index (χ3n) is 3.99. The average molecular weight is 372 g/mol. The smallest absolute Gasteiger partial charge is 0.236 e. The van der Waals surface area contributed by atoms with E-state index >= 15 is 0 Å². The maximum atomic E-state index is 13.8. The van der Waals surface area contributed by atoms with Crippen LogP contribution in [0.4, 0.5) is 4.39 Å². The number of aliphatic imine (C=N–C) groups is 1. The highest BCUT2D eigenvalue weighted by Gasteiger charge is 2.11. The minimum absolute atomic E-state index is 0.0877. The fourth-order valence-electron chi connectivity index (χ4n) is 2.44. The van der Waals surface area contributed by atoms with Gasteiger partial charge in [-0.05, 0) is 42.5 Å². The molecule has 7 heteroatoms. The second-order valence-electron chi connectivity index (χ2n) is 5.92. The molecule has 26 heavy (non-hydrogen) atoms. The standard InChI is InChI=1S/C19H21FN4OS/c1-12-6-7-14(9-16(12)20)13(2)23-19(21-3)22-10-15-11-25-18(24-15)17-5-4-8-26-17/h4-9,11,13H,10H2,1-3H3,(H2,21,22,23). The summed E-state index contributed by atoms with van der Waals surface area (Å²) >= 11 is 1.58. The van der Waals surface area contributed by atoms with Gasteiger partial charge in [-0.2, -0.15) is 0 Å². The first-order valence-corrected chi connectivity index (χ1v) is 9.16. The maximum absolute atomic E-state index is 13.8. The number of thiophene rings is 1. The van der Waals surface area contributed by atoms with E-state index in [1.165, 1.54) is 0 Å². The summed E-state index contributed by atoms with van der Waals surface area (Å²) < 4.78 is 19.3. The van der Waals surface area contributed by atoms with Gasteiger partial charge in [0.15, 0.2) is 5.96 Å². The Balaban J connectivity index is 1.58. The van der Waals surface area contributed by atoms with Gasteiger partial charge < -0.3 is 15.1 Å². The predicted molar refractivity (Wildman–Crippen MR) is 103 cm³/mol. The van der Waals surface area contributed by atoms with E-state index in [9.17, 15) is 4.39 Å². The number of aryl methyl sites for hydroxylation is 1. The van der Waals surface area contributed by atoms with E-state index in [0.717, 1.165) is 16.1 Å². The van der Waals surface area contributed by atoms with E-state index in [1.54, 1.807) is 43.7 Å². The molecular weight excluding hydrogens is 351 g/mol. The van der Waals surface area contributed by atoms with Crippen molar-refractivity contribution < 1.29 is 8.81 Å². The van der Waals surface area contributed by atoms with Crippen molar-refractivity contribution in [1.82, 2.24) is 15.6 Å². The molecule has 3 aromatic rings. The van der Waals surface area contributed by atoms with Crippen LogP contribution in [-0.4, -0.2) is 18.0 Å². The Bertz CT molecular complexity index is 889. The highest BCUT2D eigenvalue weighted by Crippen LogP contribution is 2.23. The molecular formula is C19H21FN4OS. The summed E-state index contributed by atoms with van der Waals surface area (Å²) in [7, 11) is 1.69. The number of hydrogen-bond donors (Lipinski definition) is 2. The van der Waals surface area contributed by atoms with E-state index in [2.05, 4.69) is 20.6 Å². The van der Waals surface area contributed by atoms with Crippen LogP contribution < -0.4 is 10.6 Å².